The number of rotatable bonds is 5. The van der Waals surface area contributed by atoms with Crippen molar-refractivity contribution in [3.63, 3.8) is 0 Å². The van der Waals surface area contributed by atoms with Crippen molar-refractivity contribution in [2.75, 3.05) is 7.05 Å². The summed E-state index contributed by atoms with van der Waals surface area (Å²) in [6, 6.07) is 4.10. The van der Waals surface area contributed by atoms with Crippen molar-refractivity contribution >= 4 is 15.9 Å². The lowest BCUT2D eigenvalue weighted by Gasteiger charge is -2.17. The molecule has 0 fully saturated rings. The second-order valence-electron chi connectivity index (χ2n) is 4.05. The first-order valence-electron chi connectivity index (χ1n) is 6.04. The van der Waals surface area contributed by atoms with Crippen molar-refractivity contribution in [2.45, 2.75) is 25.9 Å². The summed E-state index contributed by atoms with van der Waals surface area (Å²) in [5.74, 6) is 1.08. The van der Waals surface area contributed by atoms with Gasteiger partial charge in [-0.3, -0.25) is 4.98 Å². The molecule has 18 heavy (non-hydrogen) atoms. The van der Waals surface area contributed by atoms with Crippen LogP contribution in [0.1, 0.15) is 24.5 Å². The van der Waals surface area contributed by atoms with Gasteiger partial charge in [0, 0.05) is 36.0 Å². The van der Waals surface area contributed by atoms with Crippen LogP contribution >= 0.6 is 15.9 Å². The van der Waals surface area contributed by atoms with Gasteiger partial charge >= 0.3 is 0 Å². The molecule has 0 saturated carbocycles. The van der Waals surface area contributed by atoms with Gasteiger partial charge in [0.1, 0.15) is 5.82 Å². The van der Waals surface area contributed by atoms with Crippen LogP contribution in [0.5, 0.6) is 0 Å². The Morgan fingerprint density at radius 2 is 2.22 bits per heavy atom. The third kappa shape index (κ3) is 2.79. The second kappa shape index (κ2) is 6.11. The Kier molecular flexibility index (Phi) is 4.49. The summed E-state index contributed by atoms with van der Waals surface area (Å²) < 4.78 is 3.18. The molecular formula is C13H17BrN4. The summed E-state index contributed by atoms with van der Waals surface area (Å²) in [5, 5.41) is 3.30. The highest BCUT2D eigenvalue weighted by Gasteiger charge is 2.16. The molecule has 0 spiro atoms. The van der Waals surface area contributed by atoms with Crippen LogP contribution in [0.3, 0.4) is 0 Å². The predicted octanol–water partition coefficient (Wildman–Crippen LogP) is 2.56. The Labute approximate surface area is 116 Å². The number of nitrogens with zero attached hydrogens (tertiary/aromatic N) is 3. The van der Waals surface area contributed by atoms with E-state index in [2.05, 4.69) is 42.7 Å². The molecule has 5 heteroatoms. The van der Waals surface area contributed by atoms with Crippen LogP contribution in [0.2, 0.25) is 0 Å². The Bertz CT molecular complexity index is 509. The zero-order valence-corrected chi connectivity index (χ0v) is 12.2. The summed E-state index contributed by atoms with van der Waals surface area (Å²) in [7, 11) is 1.95. The zero-order valence-electron chi connectivity index (χ0n) is 10.6. The predicted molar refractivity (Wildman–Crippen MR) is 75.3 cm³/mol. The average molecular weight is 309 g/mol. The number of pyridine rings is 1. The van der Waals surface area contributed by atoms with Crippen LogP contribution in [0.4, 0.5) is 0 Å². The van der Waals surface area contributed by atoms with E-state index < -0.39 is 0 Å². The van der Waals surface area contributed by atoms with E-state index in [1.807, 2.05) is 37.8 Å². The lowest BCUT2D eigenvalue weighted by Crippen LogP contribution is -2.22. The van der Waals surface area contributed by atoms with E-state index in [4.69, 9.17) is 0 Å². The minimum Gasteiger partial charge on any atom is -0.335 e. The molecular weight excluding hydrogens is 292 g/mol. The van der Waals surface area contributed by atoms with Crippen LogP contribution in [0.25, 0.3) is 0 Å². The number of aromatic nitrogens is 3. The second-order valence-corrected chi connectivity index (χ2v) is 4.90. The fourth-order valence-electron chi connectivity index (χ4n) is 1.99. The normalized spacial score (nSPS) is 12.6. The number of hydrogen-bond acceptors (Lipinski definition) is 3. The Morgan fingerprint density at radius 3 is 2.89 bits per heavy atom. The van der Waals surface area contributed by atoms with Gasteiger partial charge in [0.15, 0.2) is 0 Å². The molecule has 2 aromatic heterocycles. The van der Waals surface area contributed by atoms with Crippen LogP contribution in [0.15, 0.2) is 35.2 Å². The summed E-state index contributed by atoms with van der Waals surface area (Å²) in [6.45, 7) is 3.06. The van der Waals surface area contributed by atoms with Crippen molar-refractivity contribution in [2.24, 2.45) is 0 Å². The highest BCUT2D eigenvalue weighted by molar-refractivity contribution is 9.10. The maximum absolute atomic E-state index is 4.44. The highest BCUT2D eigenvalue weighted by atomic mass is 79.9. The molecule has 0 amide bonds. The van der Waals surface area contributed by atoms with Gasteiger partial charge in [0.2, 0.25) is 0 Å². The SMILES string of the molecule is CCn1ccnc1CC(NC)c1ncccc1Br. The first kappa shape index (κ1) is 13.2. The molecule has 1 unspecified atom stereocenters. The van der Waals surface area contributed by atoms with Gasteiger partial charge in [-0.1, -0.05) is 0 Å². The van der Waals surface area contributed by atoms with E-state index >= 15 is 0 Å². The van der Waals surface area contributed by atoms with Crippen molar-refractivity contribution in [3.8, 4) is 0 Å². The fraction of sp³-hybridized carbons (Fsp3) is 0.385. The molecule has 2 rings (SSSR count). The van der Waals surface area contributed by atoms with Crippen LogP contribution in [-0.2, 0) is 13.0 Å². The van der Waals surface area contributed by atoms with Crippen molar-refractivity contribution < 1.29 is 0 Å². The number of likely N-dealkylation sites (N-methyl/N-ethyl adjacent to an activating group) is 1. The minimum atomic E-state index is 0.160. The Balaban J connectivity index is 2.23. The van der Waals surface area contributed by atoms with Crippen molar-refractivity contribution in [3.05, 3.63) is 46.7 Å². The Morgan fingerprint density at radius 1 is 1.39 bits per heavy atom. The Hall–Kier alpha value is -1.20. The summed E-state index contributed by atoms with van der Waals surface area (Å²) in [6.07, 6.45) is 6.50. The van der Waals surface area contributed by atoms with E-state index in [1.54, 1.807) is 0 Å². The molecule has 0 aromatic carbocycles. The zero-order chi connectivity index (χ0) is 13.0. The summed E-state index contributed by atoms with van der Waals surface area (Å²) in [4.78, 5) is 8.85. The van der Waals surface area contributed by atoms with Gasteiger partial charge in [-0.2, -0.15) is 0 Å². The number of aryl methyl sites for hydroxylation is 1. The topological polar surface area (TPSA) is 42.7 Å². The van der Waals surface area contributed by atoms with Crippen LogP contribution in [0, 0.1) is 0 Å². The molecule has 4 nitrogen and oxygen atoms in total. The minimum absolute atomic E-state index is 0.160. The van der Waals surface area contributed by atoms with Gasteiger partial charge < -0.3 is 9.88 Å². The number of halogens is 1. The standard InChI is InChI=1S/C13H17BrN4/c1-3-18-8-7-16-12(18)9-11(15-2)13-10(14)5-4-6-17-13/h4-8,11,15H,3,9H2,1-2H3. The maximum Gasteiger partial charge on any atom is 0.110 e. The quantitative estimate of drug-likeness (QED) is 0.923. The molecule has 96 valence electrons. The van der Waals surface area contributed by atoms with E-state index in [0.717, 1.165) is 29.0 Å². The van der Waals surface area contributed by atoms with Crippen molar-refractivity contribution in [1.82, 2.24) is 19.9 Å². The molecule has 0 aliphatic rings. The third-order valence-corrected chi connectivity index (χ3v) is 3.67. The van der Waals surface area contributed by atoms with Crippen molar-refractivity contribution in [1.29, 1.82) is 0 Å². The monoisotopic (exact) mass is 308 g/mol. The largest absolute Gasteiger partial charge is 0.335 e. The molecule has 0 saturated heterocycles. The molecule has 2 aromatic rings. The molecule has 1 atom stereocenters. The number of imidazole rings is 1. The molecule has 2 heterocycles. The molecule has 0 radical (unpaired) electrons. The van der Waals surface area contributed by atoms with E-state index in [-0.39, 0.29) is 6.04 Å². The molecule has 0 aliphatic heterocycles. The van der Waals surface area contributed by atoms with E-state index in [0.29, 0.717) is 0 Å². The van der Waals surface area contributed by atoms with Gasteiger partial charge in [-0.15, -0.1) is 0 Å². The maximum atomic E-state index is 4.44. The fourth-order valence-corrected chi connectivity index (χ4v) is 2.52. The first-order chi connectivity index (χ1) is 8.76. The lowest BCUT2D eigenvalue weighted by molar-refractivity contribution is 0.539. The smallest absolute Gasteiger partial charge is 0.110 e. The summed E-state index contributed by atoms with van der Waals surface area (Å²) in [5.41, 5.74) is 1.02. The molecule has 1 N–H and O–H groups in total. The van der Waals surface area contributed by atoms with Gasteiger partial charge in [0.25, 0.3) is 0 Å². The van der Waals surface area contributed by atoms with E-state index in [1.165, 1.54) is 0 Å². The van der Waals surface area contributed by atoms with Gasteiger partial charge in [-0.05, 0) is 42.0 Å². The van der Waals surface area contributed by atoms with E-state index in [9.17, 15) is 0 Å². The highest BCUT2D eigenvalue weighted by Crippen LogP contribution is 2.23. The lowest BCUT2D eigenvalue weighted by atomic mass is 10.1. The third-order valence-electron chi connectivity index (χ3n) is 2.99. The van der Waals surface area contributed by atoms with Crippen LogP contribution in [-0.4, -0.2) is 21.6 Å². The summed E-state index contributed by atoms with van der Waals surface area (Å²) >= 11 is 3.55. The van der Waals surface area contributed by atoms with Crippen LogP contribution < -0.4 is 5.32 Å². The van der Waals surface area contributed by atoms with Gasteiger partial charge in [0.05, 0.1) is 11.7 Å². The number of hydrogen-bond donors (Lipinski definition) is 1. The number of nitrogens with one attached hydrogen (secondary N) is 1. The molecule has 0 bridgehead atoms. The average Bonchev–Trinajstić information content (AvgIpc) is 2.84. The van der Waals surface area contributed by atoms with Gasteiger partial charge in [-0.25, -0.2) is 4.98 Å². The molecule has 0 aliphatic carbocycles. The first-order valence-corrected chi connectivity index (χ1v) is 6.83.